The van der Waals surface area contributed by atoms with Crippen LogP contribution in [-0.2, 0) is 23.9 Å². The van der Waals surface area contributed by atoms with Crippen molar-refractivity contribution in [3.63, 3.8) is 0 Å². The highest BCUT2D eigenvalue weighted by Crippen LogP contribution is 2.64. The highest BCUT2D eigenvalue weighted by molar-refractivity contribution is 5.98. The topological polar surface area (TPSA) is 96.4 Å². The number of unbranched alkanes of at least 4 members (excludes halogenated alkanes) is 3. The maximum atomic E-state index is 14.5. The molecule has 2 unspecified atom stereocenters. The van der Waals surface area contributed by atoms with Gasteiger partial charge in [0.2, 0.25) is 11.8 Å². The number of nitrogens with zero attached hydrogens (tertiary/aromatic N) is 2. The molecule has 8 nitrogen and oxygen atoms in total. The van der Waals surface area contributed by atoms with E-state index >= 15 is 0 Å². The average Bonchev–Trinajstić information content (AvgIpc) is 3.54. The Morgan fingerprint density at radius 1 is 1.13 bits per heavy atom. The molecule has 3 heterocycles. The molecule has 2 bridgehead atoms. The largest absolute Gasteiger partial charge is 0.461 e. The van der Waals surface area contributed by atoms with E-state index in [1.165, 1.54) is 12.5 Å². The monoisotopic (exact) mass is 530 g/mol. The Bertz CT molecular complexity index is 901. The highest BCUT2D eigenvalue weighted by atomic mass is 16.6. The van der Waals surface area contributed by atoms with Crippen LogP contribution in [0.4, 0.5) is 0 Å². The number of carbonyl (C=O) groups excluding carboxylic acids is 3. The van der Waals surface area contributed by atoms with Gasteiger partial charge in [0.05, 0.1) is 11.5 Å². The number of fused-ring (bicyclic) bond motifs is 1. The molecule has 1 aliphatic carbocycles. The summed E-state index contributed by atoms with van der Waals surface area (Å²) in [5, 5.41) is 9.15. The van der Waals surface area contributed by atoms with Crippen LogP contribution >= 0.6 is 0 Å². The number of hydrogen-bond donors (Lipinski definition) is 1. The summed E-state index contributed by atoms with van der Waals surface area (Å²) in [4.78, 5) is 45.8. The van der Waals surface area contributed by atoms with E-state index in [1.54, 1.807) is 11.0 Å². The molecule has 5 atom stereocenters. The first kappa shape index (κ1) is 28.8. The van der Waals surface area contributed by atoms with E-state index in [-0.39, 0.29) is 31.1 Å². The Kier molecular flexibility index (Phi) is 9.35. The summed E-state index contributed by atoms with van der Waals surface area (Å²) in [6.07, 6.45) is 13.5. The zero-order valence-electron chi connectivity index (χ0n) is 23.1. The Balaban J connectivity index is 1.70. The molecule has 3 aliphatic heterocycles. The van der Waals surface area contributed by atoms with Crippen molar-refractivity contribution in [3.8, 4) is 0 Å². The first-order chi connectivity index (χ1) is 18.4. The minimum Gasteiger partial charge on any atom is -0.461 e. The summed E-state index contributed by atoms with van der Waals surface area (Å²) in [7, 11) is 0. The summed E-state index contributed by atoms with van der Waals surface area (Å²) in [5.41, 5.74) is -1.82. The van der Waals surface area contributed by atoms with E-state index in [1.807, 2.05) is 11.8 Å². The number of ether oxygens (including phenoxy) is 2. The van der Waals surface area contributed by atoms with E-state index in [0.717, 1.165) is 51.4 Å². The van der Waals surface area contributed by atoms with Gasteiger partial charge in [-0.1, -0.05) is 57.8 Å². The van der Waals surface area contributed by atoms with Crippen LogP contribution < -0.4 is 0 Å². The molecule has 0 aromatic heterocycles. The summed E-state index contributed by atoms with van der Waals surface area (Å²) in [6.45, 7) is 10.7. The van der Waals surface area contributed by atoms with Crippen molar-refractivity contribution in [2.45, 2.75) is 107 Å². The molecule has 3 saturated heterocycles. The second kappa shape index (κ2) is 12.3. The standard InChI is InChI=1S/C30H46N2O6/c1-4-18-31(22-14-10-9-11-15-22)27(35)25-30-17-16-29(6-3,38-30)24(28(36)37-21-5-2)23(30)26(34)32(25)19-12-7-8-13-20-33/h4-5,22-25,33H,1-2,6-21H2,3H3/t23-,24+,25?,29-,30?/m0/s1. The third-order valence-corrected chi connectivity index (χ3v) is 9.44. The summed E-state index contributed by atoms with van der Waals surface area (Å²) < 4.78 is 12.3. The second-order valence-electron chi connectivity index (χ2n) is 11.5. The second-order valence-corrected chi connectivity index (χ2v) is 11.5. The highest BCUT2D eigenvalue weighted by Gasteiger charge is 2.79. The smallest absolute Gasteiger partial charge is 0.313 e. The summed E-state index contributed by atoms with van der Waals surface area (Å²) in [5.74, 6) is -2.13. The zero-order valence-corrected chi connectivity index (χ0v) is 23.1. The minimum atomic E-state index is -1.03. The fourth-order valence-electron chi connectivity index (χ4n) is 7.68. The molecule has 2 amide bonds. The number of aliphatic hydroxyl groups excluding tert-OH is 1. The minimum absolute atomic E-state index is 0.0741. The van der Waals surface area contributed by atoms with Crippen molar-refractivity contribution in [1.29, 1.82) is 0 Å². The Hall–Kier alpha value is -2.19. The van der Waals surface area contributed by atoms with Gasteiger partial charge in [-0.2, -0.15) is 0 Å². The van der Waals surface area contributed by atoms with Gasteiger partial charge in [-0.25, -0.2) is 0 Å². The molecule has 4 rings (SSSR count). The SMILES string of the molecule is C=CCOC(=O)[C@H]1[C@H]2C(=O)N(CCCCCCO)C(C(=O)N(CC=C)C3CCCCC3)C23CC[C@]1(CC)O3. The third-order valence-electron chi connectivity index (χ3n) is 9.44. The molecule has 0 radical (unpaired) electrons. The quantitative estimate of drug-likeness (QED) is 0.209. The van der Waals surface area contributed by atoms with Crippen LogP contribution in [-0.4, -0.2) is 82.3 Å². The molecule has 4 fully saturated rings. The Morgan fingerprint density at radius 2 is 1.87 bits per heavy atom. The lowest BCUT2D eigenvalue weighted by Crippen LogP contribution is -2.58. The van der Waals surface area contributed by atoms with Crippen LogP contribution in [0, 0.1) is 11.8 Å². The molecule has 1 N–H and O–H groups in total. The molecule has 38 heavy (non-hydrogen) atoms. The van der Waals surface area contributed by atoms with Crippen molar-refractivity contribution in [3.05, 3.63) is 25.3 Å². The Labute approximate surface area is 227 Å². The molecular formula is C30H46N2O6. The fraction of sp³-hybridized carbons (Fsp3) is 0.767. The third kappa shape index (κ3) is 4.94. The van der Waals surface area contributed by atoms with Gasteiger partial charge in [0.1, 0.15) is 24.2 Å². The number of rotatable bonds is 14. The molecule has 0 aromatic rings. The number of carbonyl (C=O) groups is 3. The van der Waals surface area contributed by atoms with Crippen molar-refractivity contribution in [2.24, 2.45) is 11.8 Å². The lowest BCUT2D eigenvalue weighted by molar-refractivity contribution is -0.161. The molecule has 4 aliphatic rings. The number of amides is 2. The van der Waals surface area contributed by atoms with Crippen LogP contribution in [0.5, 0.6) is 0 Å². The lowest BCUT2D eigenvalue weighted by atomic mass is 9.65. The fourth-order valence-corrected chi connectivity index (χ4v) is 7.68. The number of likely N-dealkylation sites (tertiary alicyclic amines) is 1. The van der Waals surface area contributed by atoms with Gasteiger partial charge in [0.25, 0.3) is 0 Å². The van der Waals surface area contributed by atoms with Crippen LogP contribution in [0.3, 0.4) is 0 Å². The number of esters is 1. The maximum Gasteiger partial charge on any atom is 0.313 e. The molecule has 1 saturated carbocycles. The predicted molar refractivity (Wildman–Crippen MR) is 144 cm³/mol. The van der Waals surface area contributed by atoms with Crippen LogP contribution in [0.25, 0.3) is 0 Å². The van der Waals surface area contributed by atoms with Crippen molar-refractivity contribution in [1.82, 2.24) is 9.80 Å². The van der Waals surface area contributed by atoms with Gasteiger partial charge in [0, 0.05) is 25.7 Å². The van der Waals surface area contributed by atoms with Crippen molar-refractivity contribution in [2.75, 3.05) is 26.3 Å². The molecule has 1 spiro atoms. The first-order valence-electron chi connectivity index (χ1n) is 14.7. The molecule has 8 heteroatoms. The first-order valence-corrected chi connectivity index (χ1v) is 14.7. The number of hydrogen-bond acceptors (Lipinski definition) is 6. The zero-order chi connectivity index (χ0) is 27.3. The van der Waals surface area contributed by atoms with Gasteiger partial charge in [-0.05, 0) is 44.9 Å². The van der Waals surface area contributed by atoms with Gasteiger partial charge in [-0.3, -0.25) is 14.4 Å². The van der Waals surface area contributed by atoms with Gasteiger partial charge in [0.15, 0.2) is 0 Å². The maximum absolute atomic E-state index is 14.5. The number of aliphatic hydroxyl groups is 1. The predicted octanol–water partition coefficient (Wildman–Crippen LogP) is 3.77. The molecular weight excluding hydrogens is 484 g/mol. The van der Waals surface area contributed by atoms with Crippen LogP contribution in [0.2, 0.25) is 0 Å². The van der Waals surface area contributed by atoms with E-state index in [4.69, 9.17) is 14.6 Å². The lowest BCUT2D eigenvalue weighted by Gasteiger charge is -2.41. The van der Waals surface area contributed by atoms with E-state index in [2.05, 4.69) is 13.2 Å². The van der Waals surface area contributed by atoms with Crippen molar-refractivity contribution < 1.29 is 29.0 Å². The van der Waals surface area contributed by atoms with E-state index < -0.39 is 35.0 Å². The average molecular weight is 531 g/mol. The summed E-state index contributed by atoms with van der Waals surface area (Å²) >= 11 is 0. The van der Waals surface area contributed by atoms with Gasteiger partial charge in [-0.15, -0.1) is 6.58 Å². The normalized spacial score (nSPS) is 32.3. The molecule has 212 valence electrons. The van der Waals surface area contributed by atoms with E-state index in [0.29, 0.717) is 32.4 Å². The van der Waals surface area contributed by atoms with Crippen LogP contribution in [0.15, 0.2) is 25.3 Å². The van der Waals surface area contributed by atoms with E-state index in [9.17, 15) is 14.4 Å². The summed E-state index contributed by atoms with van der Waals surface area (Å²) in [6, 6.07) is -0.636. The van der Waals surface area contributed by atoms with Gasteiger partial charge >= 0.3 is 5.97 Å². The van der Waals surface area contributed by atoms with Gasteiger partial charge < -0.3 is 24.4 Å². The van der Waals surface area contributed by atoms with Crippen LogP contribution in [0.1, 0.15) is 84.0 Å². The Morgan fingerprint density at radius 3 is 2.53 bits per heavy atom. The molecule has 0 aromatic carbocycles. The van der Waals surface area contributed by atoms with Crippen molar-refractivity contribution >= 4 is 17.8 Å².